The summed E-state index contributed by atoms with van der Waals surface area (Å²) in [5.41, 5.74) is 3.35. The lowest BCUT2D eigenvalue weighted by atomic mass is 10.1. The maximum atomic E-state index is 12.3. The van der Waals surface area contributed by atoms with Gasteiger partial charge in [-0.15, -0.1) is 11.3 Å². The lowest BCUT2D eigenvalue weighted by Gasteiger charge is -2.04. The zero-order chi connectivity index (χ0) is 19.5. The van der Waals surface area contributed by atoms with E-state index in [1.807, 2.05) is 49.4 Å². The zero-order valence-electron chi connectivity index (χ0n) is 15.0. The lowest BCUT2D eigenvalue weighted by Crippen LogP contribution is -2.02. The van der Waals surface area contributed by atoms with Crippen molar-refractivity contribution in [2.75, 3.05) is 5.32 Å². The Morgan fingerprint density at radius 3 is 2.82 bits per heavy atom. The number of nitriles is 1. The van der Waals surface area contributed by atoms with Crippen LogP contribution in [0, 0.1) is 18.3 Å². The average molecular weight is 385 g/mol. The minimum Gasteiger partial charge on any atom is -0.422 e. The number of anilines is 1. The van der Waals surface area contributed by atoms with Gasteiger partial charge in [0.25, 0.3) is 0 Å². The molecule has 2 aromatic carbocycles. The molecule has 0 amide bonds. The summed E-state index contributed by atoms with van der Waals surface area (Å²) in [5, 5.41) is 15.8. The van der Waals surface area contributed by atoms with E-state index in [4.69, 9.17) is 4.42 Å². The molecule has 0 aliphatic heterocycles. The predicted octanol–water partition coefficient (Wildman–Crippen LogP) is 5.20. The van der Waals surface area contributed by atoms with Crippen LogP contribution in [0.4, 0.5) is 5.69 Å². The predicted molar refractivity (Wildman–Crippen MR) is 112 cm³/mol. The van der Waals surface area contributed by atoms with Crippen LogP contribution in [-0.2, 0) is 0 Å². The van der Waals surface area contributed by atoms with Crippen molar-refractivity contribution in [3.63, 3.8) is 0 Å². The van der Waals surface area contributed by atoms with E-state index in [2.05, 4.69) is 16.4 Å². The van der Waals surface area contributed by atoms with Crippen molar-refractivity contribution in [2.24, 2.45) is 0 Å². The molecule has 0 fully saturated rings. The number of nitrogens with zero attached hydrogens (tertiary/aromatic N) is 2. The average Bonchev–Trinajstić information content (AvgIpc) is 3.19. The first-order chi connectivity index (χ1) is 13.7. The van der Waals surface area contributed by atoms with E-state index in [0.717, 1.165) is 16.6 Å². The quantitative estimate of drug-likeness (QED) is 0.386. The van der Waals surface area contributed by atoms with Gasteiger partial charge in [0.2, 0.25) is 0 Å². The zero-order valence-corrected chi connectivity index (χ0v) is 15.8. The highest BCUT2D eigenvalue weighted by molar-refractivity contribution is 7.11. The highest BCUT2D eigenvalue weighted by Crippen LogP contribution is 2.26. The molecule has 136 valence electrons. The number of hydrogen-bond donors (Lipinski definition) is 1. The minimum atomic E-state index is -0.448. The normalized spacial score (nSPS) is 11.4. The van der Waals surface area contributed by atoms with Gasteiger partial charge >= 0.3 is 5.63 Å². The van der Waals surface area contributed by atoms with Crippen molar-refractivity contribution in [3.05, 3.63) is 87.2 Å². The highest BCUT2D eigenvalue weighted by atomic mass is 32.1. The van der Waals surface area contributed by atoms with Crippen molar-refractivity contribution in [2.45, 2.75) is 6.92 Å². The highest BCUT2D eigenvalue weighted by Gasteiger charge is 2.13. The molecule has 1 N–H and O–H groups in total. The summed E-state index contributed by atoms with van der Waals surface area (Å²) in [6.45, 7) is 1.99. The second-order valence-electron chi connectivity index (χ2n) is 6.15. The maximum Gasteiger partial charge on any atom is 0.345 e. The number of allylic oxidation sites excluding steroid dienone is 1. The van der Waals surface area contributed by atoms with Crippen LogP contribution in [-0.4, -0.2) is 4.98 Å². The third-order valence-corrected chi connectivity index (χ3v) is 5.17. The van der Waals surface area contributed by atoms with Gasteiger partial charge in [0.15, 0.2) is 0 Å². The van der Waals surface area contributed by atoms with Crippen LogP contribution in [0.25, 0.3) is 27.8 Å². The van der Waals surface area contributed by atoms with Crippen molar-refractivity contribution >= 4 is 33.6 Å². The molecule has 0 saturated heterocycles. The first kappa shape index (κ1) is 17.7. The molecular formula is C22H15N3O2S. The second kappa shape index (κ2) is 7.51. The molecule has 4 rings (SSSR count). The van der Waals surface area contributed by atoms with Crippen LogP contribution in [0.15, 0.2) is 75.4 Å². The molecule has 0 saturated carbocycles. The van der Waals surface area contributed by atoms with Crippen LogP contribution in [0.5, 0.6) is 0 Å². The van der Waals surface area contributed by atoms with Gasteiger partial charge in [0.1, 0.15) is 22.2 Å². The monoisotopic (exact) mass is 385 g/mol. The molecule has 0 spiro atoms. The Morgan fingerprint density at radius 1 is 1.21 bits per heavy atom. The summed E-state index contributed by atoms with van der Waals surface area (Å²) in [6.07, 6.45) is 1.63. The number of fused-ring (bicyclic) bond motifs is 1. The van der Waals surface area contributed by atoms with E-state index in [-0.39, 0.29) is 0 Å². The van der Waals surface area contributed by atoms with Gasteiger partial charge in [-0.2, -0.15) is 5.26 Å². The van der Waals surface area contributed by atoms with Crippen LogP contribution in [0.2, 0.25) is 0 Å². The van der Waals surface area contributed by atoms with E-state index in [1.54, 1.807) is 23.7 Å². The van der Waals surface area contributed by atoms with Gasteiger partial charge < -0.3 is 9.73 Å². The molecule has 6 heteroatoms. The molecule has 0 unspecified atom stereocenters. The molecule has 0 atom stereocenters. The molecule has 2 heterocycles. The number of para-hydroxylation sites is 2. The summed E-state index contributed by atoms with van der Waals surface area (Å²) in [6, 6.07) is 19.1. The van der Waals surface area contributed by atoms with Crippen LogP contribution < -0.4 is 10.9 Å². The van der Waals surface area contributed by atoms with E-state index in [0.29, 0.717) is 27.4 Å². The van der Waals surface area contributed by atoms with Gasteiger partial charge in [-0.05, 0) is 30.7 Å². The Bertz CT molecular complexity index is 1290. The molecule has 0 aliphatic carbocycles. The number of aryl methyl sites for hydroxylation is 1. The first-order valence-electron chi connectivity index (χ1n) is 8.57. The molecule has 28 heavy (non-hydrogen) atoms. The Labute approximate surface area is 165 Å². The van der Waals surface area contributed by atoms with Gasteiger partial charge in [0.05, 0.1) is 11.3 Å². The van der Waals surface area contributed by atoms with E-state index < -0.39 is 5.63 Å². The molecule has 0 aliphatic rings. The summed E-state index contributed by atoms with van der Waals surface area (Å²) in [7, 11) is 0. The number of rotatable bonds is 4. The van der Waals surface area contributed by atoms with Gasteiger partial charge in [0, 0.05) is 22.7 Å². The summed E-state index contributed by atoms with van der Waals surface area (Å²) in [5.74, 6) is 0. The van der Waals surface area contributed by atoms with Crippen LogP contribution in [0.1, 0.15) is 10.6 Å². The third kappa shape index (κ3) is 3.43. The minimum absolute atomic E-state index is 0.380. The molecule has 0 radical (unpaired) electrons. The first-order valence-corrected chi connectivity index (χ1v) is 9.45. The summed E-state index contributed by atoms with van der Waals surface area (Å²) >= 11 is 1.31. The largest absolute Gasteiger partial charge is 0.422 e. The fourth-order valence-electron chi connectivity index (χ4n) is 2.79. The Kier molecular flexibility index (Phi) is 4.75. The lowest BCUT2D eigenvalue weighted by molar-refractivity contribution is 0.563. The van der Waals surface area contributed by atoms with Crippen molar-refractivity contribution in [3.8, 4) is 17.3 Å². The Balaban J connectivity index is 1.68. The molecular weight excluding hydrogens is 370 g/mol. The standard InChI is InChI=1S/C22H15N3O2S/c1-14-6-2-4-8-18(14)24-12-16(11-23)21-25-19(13-28-21)17-10-15-7-3-5-9-20(15)27-22(17)26/h2-10,12-13,24H,1H3/b16-12+. The van der Waals surface area contributed by atoms with E-state index >= 15 is 0 Å². The maximum absolute atomic E-state index is 12.3. The Morgan fingerprint density at radius 2 is 2.00 bits per heavy atom. The van der Waals surface area contributed by atoms with E-state index in [9.17, 15) is 10.1 Å². The Hall–Kier alpha value is -3.69. The molecule has 4 aromatic rings. The number of benzene rings is 2. The van der Waals surface area contributed by atoms with Crippen LogP contribution >= 0.6 is 11.3 Å². The number of aromatic nitrogens is 1. The topological polar surface area (TPSA) is 78.9 Å². The third-order valence-electron chi connectivity index (χ3n) is 4.29. The van der Waals surface area contributed by atoms with Gasteiger partial charge in [-0.1, -0.05) is 36.4 Å². The van der Waals surface area contributed by atoms with Crippen molar-refractivity contribution in [1.82, 2.24) is 4.98 Å². The number of nitrogens with one attached hydrogen (secondary N) is 1. The molecule has 5 nitrogen and oxygen atoms in total. The SMILES string of the molecule is Cc1ccccc1N/C=C(\C#N)c1nc(-c2cc3ccccc3oc2=O)cs1. The summed E-state index contributed by atoms with van der Waals surface area (Å²) in [4.78, 5) is 16.8. The van der Waals surface area contributed by atoms with Crippen molar-refractivity contribution < 1.29 is 4.42 Å². The number of thiazole rings is 1. The van der Waals surface area contributed by atoms with Crippen molar-refractivity contribution in [1.29, 1.82) is 5.26 Å². The summed E-state index contributed by atoms with van der Waals surface area (Å²) < 4.78 is 5.38. The fraction of sp³-hybridized carbons (Fsp3) is 0.0455. The van der Waals surface area contributed by atoms with Gasteiger partial charge in [-0.25, -0.2) is 9.78 Å². The van der Waals surface area contributed by atoms with E-state index in [1.165, 1.54) is 11.3 Å². The number of hydrogen-bond acceptors (Lipinski definition) is 6. The van der Waals surface area contributed by atoms with Gasteiger partial charge in [-0.3, -0.25) is 0 Å². The second-order valence-corrected chi connectivity index (χ2v) is 7.01. The smallest absolute Gasteiger partial charge is 0.345 e. The van der Waals surface area contributed by atoms with Crippen LogP contribution in [0.3, 0.4) is 0 Å². The molecule has 0 bridgehead atoms. The fourth-order valence-corrected chi connectivity index (χ4v) is 3.57. The molecule has 2 aromatic heterocycles.